The highest BCUT2D eigenvalue weighted by molar-refractivity contribution is 6.05. The first-order chi connectivity index (χ1) is 14.0. The molecule has 0 spiro atoms. The zero-order valence-electron chi connectivity index (χ0n) is 17.7. The maximum Gasteiger partial charge on any atom is 0.333 e. The molecule has 3 aliphatic heterocycles. The molecule has 3 aliphatic rings. The number of benzene rings is 1. The minimum absolute atomic E-state index is 0.0784. The van der Waals surface area contributed by atoms with E-state index < -0.39 is 5.60 Å². The fourth-order valence-electron chi connectivity index (χ4n) is 5.54. The van der Waals surface area contributed by atoms with Gasteiger partial charge in [-0.25, -0.2) is 4.79 Å². The molecule has 4 rings (SSSR count). The van der Waals surface area contributed by atoms with Crippen molar-refractivity contribution in [3.8, 4) is 5.75 Å². The Morgan fingerprint density at radius 1 is 1.34 bits per heavy atom. The van der Waals surface area contributed by atoms with Gasteiger partial charge in [-0.05, 0) is 36.8 Å². The van der Waals surface area contributed by atoms with Crippen LogP contribution in [-0.4, -0.2) is 57.0 Å². The smallest absolute Gasteiger partial charge is 0.333 e. The maximum absolute atomic E-state index is 12.2. The van der Waals surface area contributed by atoms with Crippen LogP contribution in [0.4, 0.5) is 5.69 Å². The molecule has 0 unspecified atom stereocenters. The molecule has 0 radical (unpaired) electrons. The van der Waals surface area contributed by atoms with Crippen LogP contribution in [-0.2, 0) is 19.9 Å². The third-order valence-electron chi connectivity index (χ3n) is 7.07. The van der Waals surface area contributed by atoms with Gasteiger partial charge in [0.1, 0.15) is 11.4 Å². The molecule has 2 fully saturated rings. The van der Waals surface area contributed by atoms with Gasteiger partial charge in [-0.3, -0.25) is 9.89 Å². The number of piperidine rings is 2. The fourth-order valence-corrected chi connectivity index (χ4v) is 5.54. The van der Waals surface area contributed by atoms with Crippen molar-refractivity contribution in [2.75, 3.05) is 34.4 Å². The summed E-state index contributed by atoms with van der Waals surface area (Å²) >= 11 is 0. The highest BCUT2D eigenvalue weighted by atomic mass is 16.5. The van der Waals surface area contributed by atoms with Crippen LogP contribution in [0.3, 0.4) is 0 Å². The number of hydrogen-bond acceptors (Lipinski definition) is 6. The Hall–Kier alpha value is -2.18. The van der Waals surface area contributed by atoms with Crippen molar-refractivity contribution >= 4 is 17.4 Å². The minimum atomic E-state index is -0.570. The van der Waals surface area contributed by atoms with Crippen molar-refractivity contribution < 1.29 is 19.0 Å². The van der Waals surface area contributed by atoms with Crippen LogP contribution in [0, 0.1) is 11.8 Å². The highest BCUT2D eigenvalue weighted by Gasteiger charge is 2.55. The first kappa shape index (κ1) is 20.1. The second-order valence-electron chi connectivity index (χ2n) is 8.17. The van der Waals surface area contributed by atoms with Crippen molar-refractivity contribution in [2.24, 2.45) is 16.8 Å². The highest BCUT2D eigenvalue weighted by Crippen LogP contribution is 2.53. The summed E-state index contributed by atoms with van der Waals surface area (Å²) in [4.78, 5) is 19.8. The summed E-state index contributed by atoms with van der Waals surface area (Å²) in [5, 5.41) is 0. The number of fused-ring (bicyclic) bond motifs is 5. The van der Waals surface area contributed by atoms with E-state index in [0.29, 0.717) is 11.5 Å². The molecule has 0 N–H and O–H groups in total. The van der Waals surface area contributed by atoms with Gasteiger partial charge in [0.05, 0.1) is 37.2 Å². The molecule has 1 aromatic rings. The molecule has 1 aromatic carbocycles. The van der Waals surface area contributed by atoms with Crippen LogP contribution >= 0.6 is 0 Å². The average Bonchev–Trinajstić information content (AvgIpc) is 3.12. The number of aliphatic imine (C=N–C) groups is 1. The predicted molar refractivity (Wildman–Crippen MR) is 112 cm³/mol. The summed E-state index contributed by atoms with van der Waals surface area (Å²) in [5.74, 6) is 0.963. The Morgan fingerprint density at radius 2 is 2.14 bits per heavy atom. The van der Waals surface area contributed by atoms with Gasteiger partial charge in [-0.15, -0.1) is 0 Å². The number of nitrogens with zero attached hydrogens (tertiary/aromatic N) is 2. The zero-order valence-corrected chi connectivity index (χ0v) is 17.7. The topological polar surface area (TPSA) is 60.4 Å². The van der Waals surface area contributed by atoms with E-state index in [1.165, 1.54) is 7.11 Å². The molecule has 156 valence electrons. The first-order valence-corrected chi connectivity index (χ1v) is 10.3. The van der Waals surface area contributed by atoms with Gasteiger partial charge in [0.2, 0.25) is 0 Å². The van der Waals surface area contributed by atoms with Gasteiger partial charge in [-0.1, -0.05) is 26.0 Å². The van der Waals surface area contributed by atoms with Gasteiger partial charge in [0, 0.05) is 25.8 Å². The van der Waals surface area contributed by atoms with Crippen LogP contribution in [0.25, 0.3) is 0 Å². The van der Waals surface area contributed by atoms with E-state index in [9.17, 15) is 4.79 Å². The van der Waals surface area contributed by atoms with Gasteiger partial charge in [-0.2, -0.15) is 0 Å². The van der Waals surface area contributed by atoms with Crippen LogP contribution in [0.2, 0.25) is 0 Å². The van der Waals surface area contributed by atoms with Crippen molar-refractivity contribution in [1.29, 1.82) is 0 Å². The quantitative estimate of drug-likeness (QED) is 0.561. The second-order valence-corrected chi connectivity index (χ2v) is 8.17. The predicted octanol–water partition coefficient (Wildman–Crippen LogP) is 3.47. The average molecular weight is 399 g/mol. The fraction of sp³-hybridized carbons (Fsp3) is 0.565. The molecule has 6 nitrogen and oxygen atoms in total. The number of carbonyl (C=O) groups is 1. The molecule has 3 heterocycles. The lowest BCUT2D eigenvalue weighted by Crippen LogP contribution is -2.61. The van der Waals surface area contributed by atoms with E-state index in [-0.39, 0.29) is 17.9 Å². The van der Waals surface area contributed by atoms with E-state index >= 15 is 0 Å². The molecule has 2 saturated heterocycles. The van der Waals surface area contributed by atoms with Crippen LogP contribution in [0.5, 0.6) is 5.75 Å². The first-order valence-electron chi connectivity index (χ1n) is 10.3. The third kappa shape index (κ3) is 2.92. The molecule has 0 aromatic heterocycles. The lowest BCUT2D eigenvalue weighted by Gasteiger charge is -2.51. The van der Waals surface area contributed by atoms with E-state index in [1.807, 2.05) is 18.2 Å². The van der Waals surface area contributed by atoms with Crippen LogP contribution in [0.15, 0.2) is 35.3 Å². The summed E-state index contributed by atoms with van der Waals surface area (Å²) in [6, 6.07) is 6.07. The number of esters is 1. The van der Waals surface area contributed by atoms with E-state index in [1.54, 1.807) is 14.2 Å². The Morgan fingerprint density at radius 3 is 2.79 bits per heavy atom. The van der Waals surface area contributed by atoms with Gasteiger partial charge in [0.15, 0.2) is 0 Å². The zero-order chi connectivity index (χ0) is 20.8. The molecular formula is C23H30N2O4. The number of hydrogen-bond donors (Lipinski definition) is 0. The number of carbonyl (C=O) groups excluding carboxylic acids is 1. The third-order valence-corrected chi connectivity index (χ3v) is 7.07. The number of rotatable bonds is 5. The molecule has 4 atom stereocenters. The number of ether oxygens (including phenoxy) is 3. The lowest BCUT2D eigenvalue weighted by atomic mass is 9.70. The monoisotopic (exact) mass is 398 g/mol. The molecular weight excluding hydrogens is 368 g/mol. The summed E-state index contributed by atoms with van der Waals surface area (Å²) in [5.41, 5.74) is 2.98. The Balaban J connectivity index is 1.74. The van der Waals surface area contributed by atoms with E-state index in [4.69, 9.17) is 19.2 Å². The van der Waals surface area contributed by atoms with Gasteiger partial charge in [0.25, 0.3) is 0 Å². The molecule has 0 aliphatic carbocycles. The molecule has 0 saturated carbocycles. The van der Waals surface area contributed by atoms with Crippen molar-refractivity contribution in [1.82, 2.24) is 4.90 Å². The Labute approximate surface area is 172 Å². The standard InChI is InChI=1S/C23H30N2O4/c1-6-15-13-25-11-10-23(29-5)20-17(8-7-9-19(20)27-3)24-21(23)18(25)12-16(15)14(2)22(26)28-4/h7-9,15-16,18H,2,6,10-13H2,1,3-5H3/t15-,16-,18+,23+/m1/s1. The van der Waals surface area contributed by atoms with Crippen molar-refractivity contribution in [3.63, 3.8) is 0 Å². The molecule has 6 heteroatoms. The largest absolute Gasteiger partial charge is 0.496 e. The SMILES string of the molecule is C=C(C(=O)OC)[C@H]1C[C@H]2C3=Nc4cccc(OC)c4[C@@]3(OC)CCN2C[C@H]1CC. The van der Waals surface area contributed by atoms with E-state index in [2.05, 4.69) is 18.4 Å². The van der Waals surface area contributed by atoms with Crippen molar-refractivity contribution in [3.05, 3.63) is 35.9 Å². The second kappa shape index (κ2) is 7.58. The Bertz CT molecular complexity index is 864. The summed E-state index contributed by atoms with van der Waals surface area (Å²) in [7, 11) is 4.87. The summed E-state index contributed by atoms with van der Waals surface area (Å²) < 4.78 is 16.8. The molecule has 0 amide bonds. The van der Waals surface area contributed by atoms with Gasteiger partial charge >= 0.3 is 5.97 Å². The summed E-state index contributed by atoms with van der Waals surface area (Å²) in [6.07, 6.45) is 2.64. The minimum Gasteiger partial charge on any atom is -0.496 e. The Kier molecular flexibility index (Phi) is 5.25. The summed E-state index contributed by atoms with van der Waals surface area (Å²) in [6.45, 7) is 8.12. The van der Waals surface area contributed by atoms with Crippen LogP contribution in [0.1, 0.15) is 31.7 Å². The van der Waals surface area contributed by atoms with E-state index in [0.717, 1.165) is 55.1 Å². The normalized spacial score (nSPS) is 30.6. The maximum atomic E-state index is 12.2. The molecule has 0 bridgehead atoms. The number of methoxy groups -OCH3 is 3. The van der Waals surface area contributed by atoms with Crippen molar-refractivity contribution in [2.45, 2.75) is 37.8 Å². The van der Waals surface area contributed by atoms with Crippen LogP contribution < -0.4 is 4.74 Å². The molecule has 29 heavy (non-hydrogen) atoms. The lowest BCUT2D eigenvalue weighted by molar-refractivity contribution is -0.137. The van der Waals surface area contributed by atoms with Gasteiger partial charge < -0.3 is 14.2 Å².